The van der Waals surface area contributed by atoms with Gasteiger partial charge in [-0.05, 0) is 36.4 Å². The predicted octanol–water partition coefficient (Wildman–Crippen LogP) is 5.04. The van der Waals surface area contributed by atoms with Gasteiger partial charge in [-0.3, -0.25) is 9.59 Å². The fourth-order valence-corrected chi connectivity index (χ4v) is 2.62. The van der Waals surface area contributed by atoms with Gasteiger partial charge in [-0.2, -0.15) is 0 Å². The maximum Gasteiger partial charge on any atom is 0.291 e. The Morgan fingerprint density at radius 2 is 1.96 bits per heavy atom. The van der Waals surface area contributed by atoms with E-state index < -0.39 is 0 Å². The second-order valence-electron chi connectivity index (χ2n) is 5.10. The van der Waals surface area contributed by atoms with Gasteiger partial charge >= 0.3 is 0 Å². The minimum Gasteiger partial charge on any atom is -0.451 e. The number of anilines is 1. The van der Waals surface area contributed by atoms with Crippen LogP contribution in [0.3, 0.4) is 0 Å². The van der Waals surface area contributed by atoms with Crippen LogP contribution in [0.5, 0.6) is 0 Å². The maximum atomic E-state index is 12.3. The minimum atomic E-state index is -0.349. The zero-order valence-corrected chi connectivity index (χ0v) is 14.0. The lowest BCUT2D eigenvalue weighted by molar-refractivity contribution is 0.0982. The molecule has 23 heavy (non-hydrogen) atoms. The molecule has 0 saturated heterocycles. The lowest BCUT2D eigenvalue weighted by Crippen LogP contribution is -2.11. The zero-order chi connectivity index (χ0) is 16.4. The van der Waals surface area contributed by atoms with Crippen molar-refractivity contribution in [1.82, 2.24) is 0 Å². The van der Waals surface area contributed by atoms with E-state index in [0.29, 0.717) is 23.3 Å². The number of benzene rings is 2. The van der Waals surface area contributed by atoms with Gasteiger partial charge in [0.25, 0.3) is 5.91 Å². The number of carbonyl (C=O) groups is 2. The van der Waals surface area contributed by atoms with E-state index in [1.807, 2.05) is 18.2 Å². The van der Waals surface area contributed by atoms with E-state index in [2.05, 4.69) is 21.2 Å². The van der Waals surface area contributed by atoms with E-state index in [9.17, 15) is 9.59 Å². The molecule has 3 aromatic rings. The van der Waals surface area contributed by atoms with Crippen molar-refractivity contribution >= 4 is 44.3 Å². The molecule has 0 radical (unpaired) electrons. The van der Waals surface area contributed by atoms with Crippen LogP contribution in [0.4, 0.5) is 5.69 Å². The molecule has 5 heteroatoms. The number of rotatable bonds is 4. The van der Waals surface area contributed by atoms with Gasteiger partial charge in [-0.15, -0.1) is 0 Å². The number of hydrogen-bond donors (Lipinski definition) is 1. The highest BCUT2D eigenvalue weighted by molar-refractivity contribution is 9.10. The molecular formula is C18H14BrNO3. The van der Waals surface area contributed by atoms with Gasteiger partial charge in [-0.1, -0.05) is 35.0 Å². The fraction of sp³-hybridized carbons (Fsp3) is 0.111. The third kappa shape index (κ3) is 3.35. The van der Waals surface area contributed by atoms with E-state index >= 15 is 0 Å². The molecule has 1 N–H and O–H groups in total. The molecule has 116 valence electrons. The average Bonchev–Trinajstić information content (AvgIpc) is 2.97. The molecule has 0 saturated carbocycles. The summed E-state index contributed by atoms with van der Waals surface area (Å²) < 4.78 is 6.46. The topological polar surface area (TPSA) is 59.3 Å². The SMILES string of the molecule is CCC(=O)c1cccc(NC(=O)c2cc3ccc(Br)cc3o2)c1. The third-order valence-corrected chi connectivity index (χ3v) is 3.96. The molecule has 0 atom stereocenters. The Hall–Kier alpha value is -2.40. The minimum absolute atomic E-state index is 0.0367. The van der Waals surface area contributed by atoms with E-state index in [-0.39, 0.29) is 17.5 Å². The van der Waals surface area contributed by atoms with Crippen LogP contribution < -0.4 is 5.32 Å². The average molecular weight is 372 g/mol. The summed E-state index contributed by atoms with van der Waals surface area (Å²) in [6.45, 7) is 1.81. The van der Waals surface area contributed by atoms with Gasteiger partial charge in [0.1, 0.15) is 5.58 Å². The molecule has 1 aromatic heterocycles. The lowest BCUT2D eigenvalue weighted by Gasteiger charge is -2.05. The Labute approximate surface area is 141 Å². The monoisotopic (exact) mass is 371 g/mol. The van der Waals surface area contributed by atoms with Gasteiger partial charge in [-0.25, -0.2) is 0 Å². The molecule has 4 nitrogen and oxygen atoms in total. The number of ketones is 1. The van der Waals surface area contributed by atoms with Crippen molar-refractivity contribution < 1.29 is 14.0 Å². The number of carbonyl (C=O) groups excluding carboxylic acids is 2. The van der Waals surface area contributed by atoms with Crippen molar-refractivity contribution in [3.63, 3.8) is 0 Å². The summed E-state index contributed by atoms with van der Waals surface area (Å²) in [7, 11) is 0. The molecule has 1 heterocycles. The first-order valence-electron chi connectivity index (χ1n) is 7.20. The van der Waals surface area contributed by atoms with Gasteiger partial charge < -0.3 is 9.73 Å². The highest BCUT2D eigenvalue weighted by Crippen LogP contribution is 2.24. The van der Waals surface area contributed by atoms with Gasteiger partial charge in [0.05, 0.1) is 0 Å². The molecule has 3 rings (SSSR count). The van der Waals surface area contributed by atoms with Crippen LogP contribution in [0, 0.1) is 0 Å². The molecule has 0 unspecified atom stereocenters. The first-order chi connectivity index (χ1) is 11.1. The molecule has 0 aliphatic heterocycles. The van der Waals surface area contributed by atoms with Crippen LogP contribution in [0.15, 0.2) is 57.4 Å². The lowest BCUT2D eigenvalue weighted by atomic mass is 10.1. The first-order valence-corrected chi connectivity index (χ1v) is 8.00. The summed E-state index contributed by atoms with van der Waals surface area (Å²) in [6.07, 6.45) is 0.426. The number of furan rings is 1. The Morgan fingerprint density at radius 1 is 1.13 bits per heavy atom. The van der Waals surface area contributed by atoms with Crippen molar-refractivity contribution in [2.24, 2.45) is 0 Å². The molecule has 0 fully saturated rings. The second kappa shape index (κ2) is 6.38. The van der Waals surface area contributed by atoms with Crippen molar-refractivity contribution in [3.8, 4) is 0 Å². The van der Waals surface area contributed by atoms with Crippen LogP contribution in [-0.4, -0.2) is 11.7 Å². The number of hydrogen-bond acceptors (Lipinski definition) is 3. The Balaban J connectivity index is 1.84. The van der Waals surface area contributed by atoms with Crippen molar-refractivity contribution in [2.45, 2.75) is 13.3 Å². The summed E-state index contributed by atoms with van der Waals surface area (Å²) in [5.41, 5.74) is 1.79. The molecule has 0 spiro atoms. The van der Waals surface area contributed by atoms with Crippen LogP contribution in [0.25, 0.3) is 11.0 Å². The van der Waals surface area contributed by atoms with Crippen LogP contribution in [0.1, 0.15) is 34.3 Å². The first kappa shape index (κ1) is 15.5. The second-order valence-corrected chi connectivity index (χ2v) is 6.02. The zero-order valence-electron chi connectivity index (χ0n) is 12.4. The Morgan fingerprint density at radius 3 is 2.74 bits per heavy atom. The van der Waals surface area contributed by atoms with E-state index in [1.54, 1.807) is 37.3 Å². The molecule has 0 aliphatic rings. The largest absolute Gasteiger partial charge is 0.451 e. The molecule has 2 aromatic carbocycles. The van der Waals surface area contributed by atoms with Crippen molar-refractivity contribution in [1.29, 1.82) is 0 Å². The van der Waals surface area contributed by atoms with E-state index in [4.69, 9.17) is 4.42 Å². The smallest absolute Gasteiger partial charge is 0.291 e. The maximum absolute atomic E-state index is 12.3. The summed E-state index contributed by atoms with van der Waals surface area (Å²) in [5, 5.41) is 3.61. The number of halogens is 1. The summed E-state index contributed by atoms with van der Waals surface area (Å²) in [4.78, 5) is 24.1. The normalized spacial score (nSPS) is 10.7. The molecular weight excluding hydrogens is 358 g/mol. The van der Waals surface area contributed by atoms with Gasteiger partial charge in [0.15, 0.2) is 11.5 Å². The van der Waals surface area contributed by atoms with Crippen LogP contribution >= 0.6 is 15.9 Å². The molecule has 0 bridgehead atoms. The van der Waals surface area contributed by atoms with Gasteiger partial charge in [0.2, 0.25) is 0 Å². The van der Waals surface area contributed by atoms with Crippen molar-refractivity contribution in [3.05, 3.63) is 64.3 Å². The molecule has 0 aliphatic carbocycles. The van der Waals surface area contributed by atoms with Crippen molar-refractivity contribution in [2.75, 3.05) is 5.32 Å². The summed E-state index contributed by atoms with van der Waals surface area (Å²) >= 11 is 3.37. The number of nitrogens with one attached hydrogen (secondary N) is 1. The third-order valence-electron chi connectivity index (χ3n) is 3.47. The number of amides is 1. The van der Waals surface area contributed by atoms with Crippen LogP contribution in [0.2, 0.25) is 0 Å². The van der Waals surface area contributed by atoms with Crippen LogP contribution in [-0.2, 0) is 0 Å². The number of fused-ring (bicyclic) bond motifs is 1. The van der Waals surface area contributed by atoms with Gasteiger partial charge in [0, 0.05) is 27.5 Å². The quantitative estimate of drug-likeness (QED) is 0.653. The summed E-state index contributed by atoms with van der Waals surface area (Å²) in [5.74, 6) is -0.0848. The van der Waals surface area contributed by atoms with E-state index in [0.717, 1.165) is 9.86 Å². The fourth-order valence-electron chi connectivity index (χ4n) is 2.28. The highest BCUT2D eigenvalue weighted by atomic mass is 79.9. The predicted molar refractivity (Wildman–Crippen MR) is 92.9 cm³/mol. The number of Topliss-reactive ketones (excluding diaryl/α,β-unsaturated/α-hetero) is 1. The highest BCUT2D eigenvalue weighted by Gasteiger charge is 2.13. The Kier molecular flexibility index (Phi) is 4.30. The Bertz CT molecular complexity index is 898. The standard InChI is InChI=1S/C18H14BrNO3/c1-2-15(21)11-4-3-5-14(8-11)20-18(22)17-9-12-6-7-13(19)10-16(12)23-17/h3-10H,2H2,1H3,(H,20,22). The van der Waals surface area contributed by atoms with E-state index in [1.165, 1.54) is 0 Å². The molecule has 1 amide bonds. The summed E-state index contributed by atoms with van der Waals surface area (Å²) in [6, 6.07) is 14.2.